The van der Waals surface area contributed by atoms with Crippen molar-refractivity contribution in [3.8, 4) is 0 Å². The smallest absolute Gasteiger partial charge is 0.220 e. The molecule has 0 radical (unpaired) electrons. The van der Waals surface area contributed by atoms with Crippen molar-refractivity contribution in [1.29, 1.82) is 0 Å². The van der Waals surface area contributed by atoms with Gasteiger partial charge in [-0.1, -0.05) is 0 Å². The fraction of sp³-hybridized carbons (Fsp3) is 0.923. The Kier molecular flexibility index (Phi) is 4.59. The lowest BCUT2D eigenvalue weighted by molar-refractivity contribution is -0.126. The van der Waals surface area contributed by atoms with Gasteiger partial charge >= 0.3 is 0 Å². The van der Waals surface area contributed by atoms with Gasteiger partial charge in [-0.05, 0) is 38.6 Å². The van der Waals surface area contributed by atoms with Crippen molar-refractivity contribution in [2.24, 2.45) is 5.73 Å². The second kappa shape index (κ2) is 5.99. The normalized spacial score (nSPS) is 30.1. The third-order valence-corrected chi connectivity index (χ3v) is 3.95. The Hall–Kier alpha value is -0.650. The Balaban J connectivity index is 1.70. The number of primary amides is 1. The van der Waals surface area contributed by atoms with E-state index >= 15 is 0 Å². The number of hydrogen-bond acceptors (Lipinski definition) is 4. The molecule has 1 saturated carbocycles. The Bertz CT molecular complexity index is 294. The standard InChI is InChI=1S/C13H24N2O3/c14-12(16)9-13(17)5-2-6-15(10-13)7-8-18-11-3-1-4-11/h11,17H,1-10H2,(H2,14,16). The molecule has 1 saturated heterocycles. The maximum absolute atomic E-state index is 10.9. The molecule has 104 valence electrons. The van der Waals surface area contributed by atoms with Crippen molar-refractivity contribution in [2.75, 3.05) is 26.2 Å². The van der Waals surface area contributed by atoms with Crippen LogP contribution in [-0.4, -0.2) is 53.9 Å². The van der Waals surface area contributed by atoms with Crippen molar-refractivity contribution in [3.63, 3.8) is 0 Å². The molecule has 3 N–H and O–H groups in total. The highest BCUT2D eigenvalue weighted by Crippen LogP contribution is 2.25. The number of nitrogens with two attached hydrogens (primary N) is 1. The van der Waals surface area contributed by atoms with Gasteiger partial charge in [-0.25, -0.2) is 0 Å². The molecule has 5 nitrogen and oxygen atoms in total. The number of ether oxygens (including phenoxy) is 1. The van der Waals surface area contributed by atoms with Crippen molar-refractivity contribution in [2.45, 2.75) is 50.2 Å². The second-order valence-corrected chi connectivity index (χ2v) is 5.67. The van der Waals surface area contributed by atoms with E-state index in [1.165, 1.54) is 19.3 Å². The number of likely N-dealkylation sites (tertiary alicyclic amines) is 1. The van der Waals surface area contributed by atoms with Crippen LogP contribution in [0.4, 0.5) is 0 Å². The maximum Gasteiger partial charge on any atom is 0.220 e. The fourth-order valence-corrected chi connectivity index (χ4v) is 2.75. The number of carbonyl (C=O) groups is 1. The summed E-state index contributed by atoms with van der Waals surface area (Å²) < 4.78 is 5.72. The van der Waals surface area contributed by atoms with Gasteiger partial charge < -0.3 is 15.6 Å². The minimum Gasteiger partial charge on any atom is -0.388 e. The number of nitrogens with zero attached hydrogens (tertiary/aromatic N) is 1. The average molecular weight is 256 g/mol. The fourth-order valence-electron chi connectivity index (χ4n) is 2.75. The number of aliphatic hydroxyl groups is 1. The molecule has 0 aromatic heterocycles. The predicted octanol–water partition coefficient (Wildman–Crippen LogP) is 0.258. The number of rotatable bonds is 6. The zero-order valence-corrected chi connectivity index (χ0v) is 10.9. The van der Waals surface area contributed by atoms with Crippen LogP contribution in [-0.2, 0) is 9.53 Å². The van der Waals surface area contributed by atoms with E-state index < -0.39 is 11.5 Å². The SMILES string of the molecule is NC(=O)CC1(O)CCCN(CCOC2CCC2)C1. The summed E-state index contributed by atoms with van der Waals surface area (Å²) in [5.41, 5.74) is 4.25. The minimum absolute atomic E-state index is 0.0625. The molecule has 0 spiro atoms. The van der Waals surface area contributed by atoms with Gasteiger partial charge in [-0.15, -0.1) is 0 Å². The Morgan fingerprint density at radius 3 is 2.83 bits per heavy atom. The van der Waals surface area contributed by atoms with E-state index in [-0.39, 0.29) is 6.42 Å². The van der Waals surface area contributed by atoms with Crippen molar-refractivity contribution >= 4 is 5.91 Å². The molecule has 0 aromatic carbocycles. The van der Waals surface area contributed by atoms with Crippen LogP contribution < -0.4 is 5.73 Å². The lowest BCUT2D eigenvalue weighted by Crippen LogP contribution is -2.50. The molecule has 18 heavy (non-hydrogen) atoms. The highest BCUT2D eigenvalue weighted by molar-refractivity contribution is 5.75. The molecule has 1 aliphatic heterocycles. The van der Waals surface area contributed by atoms with Gasteiger partial charge in [0.15, 0.2) is 0 Å². The number of carbonyl (C=O) groups excluding carboxylic acids is 1. The first kappa shape index (κ1) is 13.8. The van der Waals surface area contributed by atoms with Crippen molar-refractivity contribution in [1.82, 2.24) is 4.90 Å². The topological polar surface area (TPSA) is 75.8 Å². The van der Waals surface area contributed by atoms with Crippen LogP contribution in [0.25, 0.3) is 0 Å². The van der Waals surface area contributed by atoms with Gasteiger partial charge in [0.05, 0.1) is 24.7 Å². The van der Waals surface area contributed by atoms with Gasteiger partial charge in [0.1, 0.15) is 0 Å². The Labute approximate surface area is 108 Å². The Morgan fingerprint density at radius 1 is 1.44 bits per heavy atom. The van der Waals surface area contributed by atoms with Gasteiger partial charge in [0.2, 0.25) is 5.91 Å². The van der Waals surface area contributed by atoms with E-state index in [1.807, 2.05) is 0 Å². The lowest BCUT2D eigenvalue weighted by atomic mass is 9.89. The monoisotopic (exact) mass is 256 g/mol. The van der Waals surface area contributed by atoms with E-state index in [0.717, 1.165) is 26.1 Å². The van der Waals surface area contributed by atoms with Crippen molar-refractivity contribution < 1.29 is 14.6 Å². The molecular weight excluding hydrogens is 232 g/mol. The van der Waals surface area contributed by atoms with E-state index in [2.05, 4.69) is 4.90 Å². The van der Waals surface area contributed by atoms with Crippen LogP contribution in [0.2, 0.25) is 0 Å². The molecule has 1 atom stereocenters. The summed E-state index contributed by atoms with van der Waals surface area (Å²) >= 11 is 0. The second-order valence-electron chi connectivity index (χ2n) is 5.67. The molecule has 2 fully saturated rings. The molecule has 2 aliphatic rings. The van der Waals surface area contributed by atoms with Crippen LogP contribution in [0.15, 0.2) is 0 Å². The first-order valence-electron chi connectivity index (χ1n) is 6.92. The molecule has 1 unspecified atom stereocenters. The lowest BCUT2D eigenvalue weighted by Gasteiger charge is -2.39. The highest BCUT2D eigenvalue weighted by atomic mass is 16.5. The summed E-state index contributed by atoms with van der Waals surface area (Å²) in [6.07, 6.45) is 5.75. The van der Waals surface area contributed by atoms with E-state index in [4.69, 9.17) is 10.5 Å². The van der Waals surface area contributed by atoms with E-state index in [9.17, 15) is 9.90 Å². The van der Waals surface area contributed by atoms with Crippen LogP contribution in [0.5, 0.6) is 0 Å². The van der Waals surface area contributed by atoms with Crippen LogP contribution >= 0.6 is 0 Å². The van der Waals surface area contributed by atoms with E-state index in [0.29, 0.717) is 19.1 Å². The number of piperidine rings is 1. The zero-order chi connectivity index (χ0) is 13.0. The van der Waals surface area contributed by atoms with Gasteiger partial charge in [-0.2, -0.15) is 0 Å². The summed E-state index contributed by atoms with van der Waals surface area (Å²) in [5, 5.41) is 10.3. The molecule has 0 aromatic rings. The van der Waals surface area contributed by atoms with Gasteiger partial charge in [-0.3, -0.25) is 9.69 Å². The molecule has 5 heteroatoms. The third kappa shape index (κ3) is 3.93. The number of amides is 1. The number of hydrogen-bond donors (Lipinski definition) is 2. The van der Waals surface area contributed by atoms with Gasteiger partial charge in [0.25, 0.3) is 0 Å². The van der Waals surface area contributed by atoms with Crippen LogP contribution in [0.3, 0.4) is 0 Å². The predicted molar refractivity (Wildman–Crippen MR) is 68.0 cm³/mol. The summed E-state index contributed by atoms with van der Waals surface area (Å²) in [5.74, 6) is -0.426. The number of β-amino-alcohol motifs (C(OH)–C–C–N with tert-alkyl or cyclic N) is 1. The van der Waals surface area contributed by atoms with Crippen LogP contribution in [0.1, 0.15) is 38.5 Å². The summed E-state index contributed by atoms with van der Waals surface area (Å²) in [4.78, 5) is 13.1. The molecular formula is C13H24N2O3. The van der Waals surface area contributed by atoms with Crippen LogP contribution in [0, 0.1) is 0 Å². The Morgan fingerprint density at radius 2 is 2.22 bits per heavy atom. The first-order chi connectivity index (χ1) is 8.57. The molecule has 1 aliphatic carbocycles. The minimum atomic E-state index is -0.930. The summed E-state index contributed by atoms with van der Waals surface area (Å²) in [6.45, 7) is 3.05. The molecule has 0 bridgehead atoms. The van der Waals surface area contributed by atoms with Gasteiger partial charge in [0, 0.05) is 13.1 Å². The average Bonchev–Trinajstić information content (AvgIpc) is 2.20. The molecule has 1 heterocycles. The summed E-state index contributed by atoms with van der Waals surface area (Å²) in [7, 11) is 0. The molecule has 2 rings (SSSR count). The largest absolute Gasteiger partial charge is 0.388 e. The quantitative estimate of drug-likeness (QED) is 0.714. The van der Waals surface area contributed by atoms with Crippen molar-refractivity contribution in [3.05, 3.63) is 0 Å². The van der Waals surface area contributed by atoms with E-state index in [1.54, 1.807) is 0 Å². The highest BCUT2D eigenvalue weighted by Gasteiger charge is 2.34. The molecule has 1 amide bonds. The maximum atomic E-state index is 10.9. The summed E-state index contributed by atoms with van der Waals surface area (Å²) in [6, 6.07) is 0. The third-order valence-electron chi connectivity index (χ3n) is 3.95. The zero-order valence-electron chi connectivity index (χ0n) is 10.9. The first-order valence-corrected chi connectivity index (χ1v) is 6.92.